The SMILES string of the molecule is CC(=O)OC1CCC2(C)C3CCC4(C)C(C(C)C)CCC4C3CC[C@H]2C1. The number of hydrogen-bond donors (Lipinski definition) is 0. The van der Waals surface area contributed by atoms with Crippen molar-refractivity contribution in [3.63, 3.8) is 0 Å². The quantitative estimate of drug-likeness (QED) is 0.545. The molecule has 0 aromatic rings. The monoisotopic (exact) mass is 360 g/mol. The van der Waals surface area contributed by atoms with Crippen molar-refractivity contribution in [3.05, 3.63) is 0 Å². The van der Waals surface area contributed by atoms with Crippen molar-refractivity contribution in [2.45, 2.75) is 98.5 Å². The summed E-state index contributed by atoms with van der Waals surface area (Å²) in [6.45, 7) is 11.7. The van der Waals surface area contributed by atoms with Crippen LogP contribution in [0, 0.1) is 46.3 Å². The molecule has 148 valence electrons. The van der Waals surface area contributed by atoms with Gasteiger partial charge in [0.05, 0.1) is 0 Å². The van der Waals surface area contributed by atoms with E-state index >= 15 is 0 Å². The lowest BCUT2D eigenvalue weighted by molar-refractivity contribution is -0.160. The first kappa shape index (κ1) is 18.8. The number of rotatable bonds is 2. The number of hydrogen-bond acceptors (Lipinski definition) is 2. The molecule has 8 atom stereocenters. The molecule has 4 fully saturated rings. The fourth-order valence-corrected chi connectivity index (χ4v) is 8.70. The average molecular weight is 361 g/mol. The maximum absolute atomic E-state index is 11.4. The topological polar surface area (TPSA) is 26.3 Å². The lowest BCUT2D eigenvalue weighted by Gasteiger charge is -2.61. The molecule has 0 aliphatic heterocycles. The minimum Gasteiger partial charge on any atom is -0.463 e. The molecule has 0 aromatic carbocycles. The molecule has 0 heterocycles. The van der Waals surface area contributed by atoms with Gasteiger partial charge >= 0.3 is 5.97 Å². The van der Waals surface area contributed by atoms with Gasteiger partial charge in [-0.15, -0.1) is 0 Å². The van der Waals surface area contributed by atoms with Crippen molar-refractivity contribution in [1.82, 2.24) is 0 Å². The summed E-state index contributed by atoms with van der Waals surface area (Å²) in [5, 5.41) is 0. The van der Waals surface area contributed by atoms with E-state index in [1.807, 2.05) is 0 Å². The van der Waals surface area contributed by atoms with Gasteiger partial charge in [-0.2, -0.15) is 0 Å². The fraction of sp³-hybridized carbons (Fsp3) is 0.958. The van der Waals surface area contributed by atoms with Crippen molar-refractivity contribution >= 4 is 5.97 Å². The van der Waals surface area contributed by atoms with E-state index in [9.17, 15) is 4.79 Å². The van der Waals surface area contributed by atoms with Gasteiger partial charge in [0.15, 0.2) is 0 Å². The highest BCUT2D eigenvalue weighted by Gasteiger charge is 2.60. The highest BCUT2D eigenvalue weighted by atomic mass is 16.5. The molecule has 2 nitrogen and oxygen atoms in total. The minimum atomic E-state index is -0.0913. The van der Waals surface area contributed by atoms with Gasteiger partial charge in [0.2, 0.25) is 0 Å². The smallest absolute Gasteiger partial charge is 0.302 e. The summed E-state index contributed by atoms with van der Waals surface area (Å²) in [5.74, 6) is 5.32. The zero-order chi connectivity index (χ0) is 18.7. The Kier molecular flexibility index (Phi) is 4.72. The lowest BCUT2D eigenvalue weighted by Crippen LogP contribution is -2.54. The second kappa shape index (κ2) is 6.52. The molecule has 4 aliphatic rings. The molecule has 0 bridgehead atoms. The van der Waals surface area contributed by atoms with Crippen molar-refractivity contribution in [2.24, 2.45) is 46.3 Å². The largest absolute Gasteiger partial charge is 0.463 e. The Morgan fingerprint density at radius 2 is 1.62 bits per heavy atom. The molecule has 0 spiro atoms. The van der Waals surface area contributed by atoms with Crippen molar-refractivity contribution < 1.29 is 9.53 Å². The van der Waals surface area contributed by atoms with Crippen LogP contribution in [0.15, 0.2) is 0 Å². The Labute approximate surface area is 160 Å². The van der Waals surface area contributed by atoms with E-state index in [1.54, 1.807) is 6.92 Å². The highest BCUT2D eigenvalue weighted by Crippen LogP contribution is 2.68. The van der Waals surface area contributed by atoms with Crippen LogP contribution in [-0.2, 0) is 9.53 Å². The van der Waals surface area contributed by atoms with Gasteiger partial charge in [-0.25, -0.2) is 0 Å². The Morgan fingerprint density at radius 3 is 2.31 bits per heavy atom. The van der Waals surface area contributed by atoms with Gasteiger partial charge in [0, 0.05) is 6.92 Å². The van der Waals surface area contributed by atoms with E-state index in [4.69, 9.17) is 4.74 Å². The third-order valence-corrected chi connectivity index (χ3v) is 9.83. The normalized spacial score (nSPS) is 50.7. The van der Waals surface area contributed by atoms with Crippen LogP contribution in [-0.4, -0.2) is 12.1 Å². The van der Waals surface area contributed by atoms with Crippen molar-refractivity contribution in [3.8, 4) is 0 Å². The van der Waals surface area contributed by atoms with Gasteiger partial charge in [-0.3, -0.25) is 4.79 Å². The van der Waals surface area contributed by atoms with Crippen LogP contribution in [0.2, 0.25) is 0 Å². The summed E-state index contributed by atoms with van der Waals surface area (Å²) < 4.78 is 5.61. The summed E-state index contributed by atoms with van der Waals surface area (Å²) in [5.41, 5.74) is 1.10. The zero-order valence-electron chi connectivity index (χ0n) is 17.7. The van der Waals surface area contributed by atoms with Gasteiger partial charge in [-0.1, -0.05) is 27.7 Å². The van der Waals surface area contributed by atoms with Crippen LogP contribution in [0.3, 0.4) is 0 Å². The molecule has 0 radical (unpaired) electrons. The van der Waals surface area contributed by atoms with Crippen LogP contribution in [0.5, 0.6) is 0 Å². The molecule has 4 saturated carbocycles. The molecule has 0 saturated heterocycles. The van der Waals surface area contributed by atoms with Gasteiger partial charge in [-0.05, 0) is 104 Å². The first-order chi connectivity index (χ1) is 12.3. The van der Waals surface area contributed by atoms with Crippen molar-refractivity contribution in [1.29, 1.82) is 0 Å². The fourth-order valence-electron chi connectivity index (χ4n) is 8.70. The van der Waals surface area contributed by atoms with Gasteiger partial charge in [0.1, 0.15) is 6.10 Å². The highest BCUT2D eigenvalue weighted by molar-refractivity contribution is 5.66. The Balaban J connectivity index is 1.53. The predicted molar refractivity (Wildman–Crippen MR) is 106 cm³/mol. The molecular formula is C24H40O2. The first-order valence-corrected chi connectivity index (χ1v) is 11.4. The molecule has 0 amide bonds. The van der Waals surface area contributed by atoms with E-state index in [1.165, 1.54) is 44.9 Å². The molecule has 4 aliphatic carbocycles. The van der Waals surface area contributed by atoms with Crippen LogP contribution in [0.4, 0.5) is 0 Å². The number of esters is 1. The minimum absolute atomic E-state index is 0.0913. The molecular weight excluding hydrogens is 320 g/mol. The summed E-state index contributed by atoms with van der Waals surface area (Å²) in [4.78, 5) is 11.4. The first-order valence-electron chi connectivity index (χ1n) is 11.4. The van der Waals surface area contributed by atoms with Crippen LogP contribution >= 0.6 is 0 Å². The zero-order valence-corrected chi connectivity index (χ0v) is 17.7. The van der Waals surface area contributed by atoms with Crippen LogP contribution in [0.25, 0.3) is 0 Å². The lowest BCUT2D eigenvalue weighted by atomic mass is 9.44. The number of ether oxygens (including phenoxy) is 1. The third kappa shape index (κ3) is 2.76. The number of carbonyl (C=O) groups is 1. The standard InChI is InChI=1S/C24H40O2/c1-15(2)20-8-9-21-19-7-6-17-14-18(26-16(3)25)10-12-23(17,4)22(19)11-13-24(20,21)5/h15,17-22H,6-14H2,1-5H3/t17-,18?,19?,20?,21?,22?,23?,24?/m0/s1. The summed E-state index contributed by atoms with van der Waals surface area (Å²) in [6, 6.07) is 0. The molecule has 7 unspecified atom stereocenters. The second-order valence-electron chi connectivity index (χ2n) is 11.1. The van der Waals surface area contributed by atoms with E-state index in [0.717, 1.165) is 48.3 Å². The molecule has 4 rings (SSSR count). The summed E-state index contributed by atoms with van der Waals surface area (Å²) in [7, 11) is 0. The van der Waals surface area contributed by atoms with Crippen LogP contribution in [0.1, 0.15) is 92.4 Å². The van der Waals surface area contributed by atoms with E-state index in [-0.39, 0.29) is 12.1 Å². The van der Waals surface area contributed by atoms with Gasteiger partial charge in [0.25, 0.3) is 0 Å². The second-order valence-corrected chi connectivity index (χ2v) is 11.1. The molecule has 26 heavy (non-hydrogen) atoms. The van der Waals surface area contributed by atoms with Crippen molar-refractivity contribution in [2.75, 3.05) is 0 Å². The summed E-state index contributed by atoms with van der Waals surface area (Å²) in [6.07, 6.45) is 12.3. The number of carbonyl (C=O) groups excluding carboxylic acids is 1. The van der Waals surface area contributed by atoms with Crippen LogP contribution < -0.4 is 0 Å². The number of fused-ring (bicyclic) bond motifs is 5. The Hall–Kier alpha value is -0.530. The molecule has 0 aromatic heterocycles. The maximum atomic E-state index is 11.4. The van der Waals surface area contributed by atoms with E-state index in [2.05, 4.69) is 27.7 Å². The van der Waals surface area contributed by atoms with E-state index < -0.39 is 0 Å². The maximum Gasteiger partial charge on any atom is 0.302 e. The Morgan fingerprint density at radius 1 is 0.923 bits per heavy atom. The Bertz CT molecular complexity index is 554. The third-order valence-electron chi connectivity index (χ3n) is 9.83. The average Bonchev–Trinajstić information content (AvgIpc) is 2.92. The van der Waals surface area contributed by atoms with E-state index in [0.29, 0.717) is 10.8 Å². The summed E-state index contributed by atoms with van der Waals surface area (Å²) >= 11 is 0. The molecule has 0 N–H and O–H groups in total. The van der Waals surface area contributed by atoms with Gasteiger partial charge < -0.3 is 4.74 Å². The molecule has 2 heteroatoms. The predicted octanol–water partition coefficient (Wildman–Crippen LogP) is 6.23.